The van der Waals surface area contributed by atoms with Crippen molar-refractivity contribution >= 4 is 34.3 Å². The number of phenolic OH excluding ortho intramolecular Hbond substituents is 1. The maximum Gasteiger partial charge on any atom is 0.303 e. The first-order valence-corrected chi connectivity index (χ1v) is 7.60. The summed E-state index contributed by atoms with van der Waals surface area (Å²) in [6.07, 6.45) is 0.0260. The monoisotopic (exact) mass is 344 g/mol. The Balaban J connectivity index is 2.10. The summed E-state index contributed by atoms with van der Waals surface area (Å²) in [5, 5.41) is 19.6. The van der Waals surface area contributed by atoms with Crippen LogP contribution in [0, 0.1) is 0 Å². The minimum absolute atomic E-state index is 0.00604. The molecule has 0 radical (unpaired) electrons. The van der Waals surface area contributed by atoms with Crippen molar-refractivity contribution in [2.45, 2.75) is 12.8 Å². The Morgan fingerprint density at radius 3 is 2.46 bits per heavy atom. The zero-order chi connectivity index (χ0) is 17.3. The molecule has 0 aliphatic rings. The van der Waals surface area contributed by atoms with Crippen LogP contribution < -0.4 is 0 Å². The lowest BCUT2D eigenvalue weighted by Gasteiger charge is -2.02. The fourth-order valence-electron chi connectivity index (χ4n) is 2.53. The first-order chi connectivity index (χ1) is 11.5. The Bertz CT molecular complexity index is 924. The average molecular weight is 345 g/mol. The van der Waals surface area contributed by atoms with Crippen LogP contribution in [0.5, 0.6) is 5.75 Å². The molecule has 0 saturated heterocycles. The van der Waals surface area contributed by atoms with Crippen molar-refractivity contribution in [3.8, 4) is 5.75 Å². The van der Waals surface area contributed by atoms with Gasteiger partial charge in [0.1, 0.15) is 11.3 Å². The number of rotatable bonds is 5. The van der Waals surface area contributed by atoms with E-state index in [4.69, 9.17) is 21.1 Å². The topological polar surface area (TPSA) is 87.7 Å². The van der Waals surface area contributed by atoms with Gasteiger partial charge in [0, 0.05) is 34.0 Å². The van der Waals surface area contributed by atoms with E-state index in [0.29, 0.717) is 27.1 Å². The summed E-state index contributed by atoms with van der Waals surface area (Å²) in [5.74, 6) is -1.23. The number of furan rings is 1. The van der Waals surface area contributed by atoms with Crippen LogP contribution in [-0.4, -0.2) is 22.0 Å². The number of fused-ring (bicyclic) bond motifs is 1. The Labute approximate surface area is 142 Å². The van der Waals surface area contributed by atoms with Crippen LogP contribution in [0.3, 0.4) is 0 Å². The van der Waals surface area contributed by atoms with Crippen molar-refractivity contribution in [3.05, 3.63) is 64.4 Å². The van der Waals surface area contributed by atoms with Crippen molar-refractivity contribution in [1.82, 2.24) is 0 Å². The van der Waals surface area contributed by atoms with Crippen molar-refractivity contribution in [2.24, 2.45) is 0 Å². The van der Waals surface area contributed by atoms with Crippen LogP contribution in [0.25, 0.3) is 11.0 Å². The Morgan fingerprint density at radius 1 is 1.08 bits per heavy atom. The summed E-state index contributed by atoms with van der Waals surface area (Å²) in [4.78, 5) is 23.6. The van der Waals surface area contributed by atoms with E-state index in [1.54, 1.807) is 30.3 Å². The first kappa shape index (κ1) is 16.1. The van der Waals surface area contributed by atoms with Gasteiger partial charge in [-0.1, -0.05) is 11.6 Å². The highest BCUT2D eigenvalue weighted by molar-refractivity contribution is 6.30. The standard InChI is InChI=1S/C18H13ClO5/c19-11-3-1-10(2-4-11)17(23)18-14(7-8-16(21)22)13-6-5-12(20)9-15(13)24-18/h1-6,9,20H,7-8H2,(H,21,22). The number of carboxylic acids is 1. The van der Waals surface area contributed by atoms with E-state index < -0.39 is 5.97 Å². The van der Waals surface area contributed by atoms with E-state index in [9.17, 15) is 14.7 Å². The van der Waals surface area contributed by atoms with Gasteiger partial charge in [0.2, 0.25) is 5.78 Å². The minimum Gasteiger partial charge on any atom is -0.508 e. The Morgan fingerprint density at radius 2 is 1.79 bits per heavy atom. The van der Waals surface area contributed by atoms with Crippen molar-refractivity contribution in [1.29, 1.82) is 0 Å². The summed E-state index contributed by atoms with van der Waals surface area (Å²) in [6, 6.07) is 10.8. The predicted octanol–water partition coefficient (Wildman–Crippen LogP) is 4.04. The quantitative estimate of drug-likeness (QED) is 0.682. The number of phenols is 1. The van der Waals surface area contributed by atoms with Gasteiger partial charge in [-0.25, -0.2) is 0 Å². The zero-order valence-electron chi connectivity index (χ0n) is 12.5. The number of hydrogen-bond donors (Lipinski definition) is 2. The summed E-state index contributed by atoms with van der Waals surface area (Å²) in [6.45, 7) is 0. The number of carboxylic acid groups (broad SMARTS) is 1. The van der Waals surface area contributed by atoms with E-state index in [1.807, 2.05) is 0 Å². The molecule has 0 aliphatic heterocycles. The zero-order valence-corrected chi connectivity index (χ0v) is 13.2. The number of carbonyl (C=O) groups is 2. The molecule has 0 atom stereocenters. The highest BCUT2D eigenvalue weighted by atomic mass is 35.5. The van der Waals surface area contributed by atoms with Gasteiger partial charge < -0.3 is 14.6 Å². The van der Waals surface area contributed by atoms with Gasteiger partial charge >= 0.3 is 5.97 Å². The molecule has 0 unspecified atom stereocenters. The number of halogens is 1. The van der Waals surface area contributed by atoms with Gasteiger partial charge in [-0.05, 0) is 42.8 Å². The van der Waals surface area contributed by atoms with Crippen molar-refractivity contribution in [3.63, 3.8) is 0 Å². The summed E-state index contributed by atoms with van der Waals surface area (Å²) in [5.41, 5.74) is 1.25. The largest absolute Gasteiger partial charge is 0.508 e. The van der Waals surface area contributed by atoms with Crippen molar-refractivity contribution < 1.29 is 24.2 Å². The lowest BCUT2D eigenvalue weighted by molar-refractivity contribution is -0.136. The second-order valence-corrected chi connectivity index (χ2v) is 5.76. The number of aromatic hydroxyl groups is 1. The number of aliphatic carboxylic acids is 1. The SMILES string of the molecule is O=C(O)CCc1c(C(=O)c2ccc(Cl)cc2)oc2cc(O)ccc12. The summed E-state index contributed by atoms with van der Waals surface area (Å²) in [7, 11) is 0. The van der Waals surface area contributed by atoms with Gasteiger partial charge in [-0.2, -0.15) is 0 Å². The van der Waals surface area contributed by atoms with Gasteiger partial charge in [-0.3, -0.25) is 9.59 Å². The van der Waals surface area contributed by atoms with Crippen LogP contribution in [0.4, 0.5) is 0 Å². The average Bonchev–Trinajstić information content (AvgIpc) is 2.90. The molecule has 0 amide bonds. The molecule has 0 spiro atoms. The number of aryl methyl sites for hydroxylation is 1. The third-order valence-corrected chi connectivity index (χ3v) is 3.93. The van der Waals surface area contributed by atoms with E-state index in [2.05, 4.69) is 0 Å². The third-order valence-electron chi connectivity index (χ3n) is 3.68. The normalized spacial score (nSPS) is 10.9. The molecule has 24 heavy (non-hydrogen) atoms. The van der Waals surface area contributed by atoms with Crippen LogP contribution in [0.15, 0.2) is 46.9 Å². The molecular formula is C18H13ClO5. The third kappa shape index (κ3) is 3.12. The van der Waals surface area contributed by atoms with Crippen molar-refractivity contribution in [2.75, 3.05) is 0 Å². The predicted molar refractivity (Wildman–Crippen MR) is 88.7 cm³/mol. The van der Waals surface area contributed by atoms with E-state index in [-0.39, 0.29) is 30.1 Å². The highest BCUT2D eigenvalue weighted by Crippen LogP contribution is 2.31. The van der Waals surface area contributed by atoms with Gasteiger partial charge in [-0.15, -0.1) is 0 Å². The molecule has 1 aromatic heterocycles. The molecule has 0 bridgehead atoms. The second-order valence-electron chi connectivity index (χ2n) is 5.32. The van der Waals surface area contributed by atoms with E-state index in [1.165, 1.54) is 12.1 Å². The number of hydrogen-bond acceptors (Lipinski definition) is 4. The maximum atomic E-state index is 12.7. The maximum absolute atomic E-state index is 12.7. The first-order valence-electron chi connectivity index (χ1n) is 7.22. The molecule has 2 aromatic carbocycles. The fraction of sp³-hybridized carbons (Fsp3) is 0.111. The number of ketones is 1. The van der Waals surface area contributed by atoms with Gasteiger partial charge in [0.15, 0.2) is 5.76 Å². The fourth-order valence-corrected chi connectivity index (χ4v) is 2.66. The molecule has 0 saturated carbocycles. The van der Waals surface area contributed by atoms with E-state index in [0.717, 1.165) is 0 Å². The minimum atomic E-state index is -0.965. The molecule has 3 rings (SSSR count). The Hall–Kier alpha value is -2.79. The molecule has 5 nitrogen and oxygen atoms in total. The molecule has 0 aliphatic carbocycles. The van der Waals surface area contributed by atoms with Gasteiger partial charge in [0.25, 0.3) is 0 Å². The number of carbonyl (C=O) groups excluding carboxylic acids is 1. The molecular weight excluding hydrogens is 332 g/mol. The highest BCUT2D eigenvalue weighted by Gasteiger charge is 2.22. The van der Waals surface area contributed by atoms with Crippen LogP contribution in [-0.2, 0) is 11.2 Å². The molecule has 1 heterocycles. The summed E-state index contributed by atoms with van der Waals surface area (Å²) >= 11 is 5.83. The Kier molecular flexibility index (Phi) is 4.27. The van der Waals surface area contributed by atoms with Crippen LogP contribution in [0.2, 0.25) is 5.02 Å². The second kappa shape index (κ2) is 6.37. The molecule has 3 aromatic rings. The summed E-state index contributed by atoms with van der Waals surface area (Å²) < 4.78 is 5.62. The lowest BCUT2D eigenvalue weighted by Crippen LogP contribution is -2.05. The molecule has 0 fully saturated rings. The van der Waals surface area contributed by atoms with Gasteiger partial charge in [0.05, 0.1) is 0 Å². The molecule has 122 valence electrons. The van der Waals surface area contributed by atoms with E-state index >= 15 is 0 Å². The smallest absolute Gasteiger partial charge is 0.303 e. The molecule has 2 N–H and O–H groups in total. The number of benzene rings is 2. The van der Waals surface area contributed by atoms with Crippen LogP contribution in [0.1, 0.15) is 28.1 Å². The lowest BCUT2D eigenvalue weighted by atomic mass is 10.0. The van der Waals surface area contributed by atoms with Crippen LogP contribution >= 0.6 is 11.6 Å². The molecule has 6 heteroatoms.